The first kappa shape index (κ1) is 34.3. The third-order valence-electron chi connectivity index (χ3n) is 8.96. The van der Waals surface area contributed by atoms with E-state index in [0.717, 1.165) is 41.6 Å². The maximum Gasteiger partial charge on any atom is 0.274 e. The van der Waals surface area contributed by atoms with Crippen molar-refractivity contribution in [3.8, 4) is 34.1 Å². The fraction of sp³-hybridized carbons (Fsp3) is 0.361. The predicted octanol–water partition coefficient (Wildman–Crippen LogP) is 4.37. The van der Waals surface area contributed by atoms with Crippen molar-refractivity contribution >= 4 is 29.1 Å². The number of aromatic nitrogens is 3. The first-order chi connectivity index (χ1) is 23.7. The van der Waals surface area contributed by atoms with Crippen molar-refractivity contribution < 1.29 is 24.2 Å². The Balaban J connectivity index is 1.18. The number of aliphatic hydroxyl groups is 1. The number of amides is 2. The fourth-order valence-electron chi connectivity index (χ4n) is 6.28. The topological polar surface area (TPSA) is 151 Å². The van der Waals surface area contributed by atoms with Gasteiger partial charge in [-0.2, -0.15) is 0 Å². The summed E-state index contributed by atoms with van der Waals surface area (Å²) in [5, 5.41) is 19.6. The Morgan fingerprint density at radius 2 is 1.96 bits per heavy atom. The normalized spacial score (nSPS) is 17.6. The largest absolute Gasteiger partial charge is 0.496 e. The minimum Gasteiger partial charge on any atom is -0.496 e. The summed E-state index contributed by atoms with van der Waals surface area (Å²) in [7, 11) is 3.14. The third kappa shape index (κ3) is 7.83. The smallest absolute Gasteiger partial charge is 0.274 e. The fourth-order valence-corrected chi connectivity index (χ4v) is 6.59. The molecular weight excluding hydrogens is 646 g/mol. The van der Waals surface area contributed by atoms with E-state index in [2.05, 4.69) is 30.8 Å². The number of aliphatic hydroxyl groups excluding tert-OH is 1. The van der Waals surface area contributed by atoms with Crippen LogP contribution < -0.4 is 25.4 Å². The molecule has 2 fully saturated rings. The zero-order chi connectivity index (χ0) is 34.5. The molecule has 0 unspecified atom stereocenters. The molecule has 12 nitrogen and oxygen atoms in total. The molecule has 2 amide bonds. The van der Waals surface area contributed by atoms with Gasteiger partial charge >= 0.3 is 0 Å². The molecule has 49 heavy (non-hydrogen) atoms. The molecule has 4 N–H and O–H groups in total. The van der Waals surface area contributed by atoms with Crippen LogP contribution in [0.4, 0.5) is 5.69 Å². The Morgan fingerprint density at radius 3 is 2.69 bits per heavy atom. The van der Waals surface area contributed by atoms with E-state index >= 15 is 0 Å². The number of carbonyl (C=O) groups is 2. The number of nitrogens with zero attached hydrogens (tertiary/aromatic N) is 4. The van der Waals surface area contributed by atoms with Gasteiger partial charge in [-0.3, -0.25) is 24.5 Å². The molecule has 6 rings (SSSR count). The molecule has 0 saturated carbocycles. The molecule has 2 atom stereocenters. The Hall–Kier alpha value is -4.62. The van der Waals surface area contributed by atoms with Gasteiger partial charge in [-0.25, -0.2) is 4.98 Å². The van der Waals surface area contributed by atoms with Gasteiger partial charge in [-0.1, -0.05) is 29.8 Å². The first-order valence-electron chi connectivity index (χ1n) is 16.3. The molecule has 2 aliphatic heterocycles. The van der Waals surface area contributed by atoms with Crippen molar-refractivity contribution in [1.82, 2.24) is 30.5 Å². The van der Waals surface area contributed by atoms with Crippen LogP contribution >= 0.6 is 11.6 Å². The number of rotatable bonds is 12. The second-order valence-corrected chi connectivity index (χ2v) is 12.7. The van der Waals surface area contributed by atoms with Crippen LogP contribution in [0.15, 0.2) is 54.9 Å². The minimum absolute atomic E-state index is 0.0895. The van der Waals surface area contributed by atoms with Crippen molar-refractivity contribution in [3.05, 3.63) is 82.3 Å². The molecule has 0 spiro atoms. The lowest BCUT2D eigenvalue weighted by Crippen LogP contribution is -2.35. The number of methoxy groups -OCH3 is 2. The van der Waals surface area contributed by atoms with E-state index in [1.165, 1.54) is 0 Å². The van der Waals surface area contributed by atoms with E-state index in [-0.39, 0.29) is 29.7 Å². The average molecular weight is 686 g/mol. The summed E-state index contributed by atoms with van der Waals surface area (Å²) in [6, 6.07) is 13.0. The van der Waals surface area contributed by atoms with E-state index in [1.54, 1.807) is 32.7 Å². The lowest BCUT2D eigenvalue weighted by molar-refractivity contribution is -0.119. The van der Waals surface area contributed by atoms with Crippen LogP contribution in [0.2, 0.25) is 5.02 Å². The Labute approximate surface area is 290 Å². The molecule has 13 heteroatoms. The highest BCUT2D eigenvalue weighted by Crippen LogP contribution is 2.38. The Morgan fingerprint density at radius 1 is 1.10 bits per heavy atom. The molecular formula is C36H40ClN7O5. The quantitative estimate of drug-likeness (QED) is 0.169. The van der Waals surface area contributed by atoms with Crippen molar-refractivity contribution in [2.75, 3.05) is 39.2 Å². The highest BCUT2D eigenvalue weighted by Gasteiger charge is 2.23. The van der Waals surface area contributed by atoms with Crippen LogP contribution in [0.5, 0.6) is 11.6 Å². The van der Waals surface area contributed by atoms with Crippen LogP contribution in [0.3, 0.4) is 0 Å². The van der Waals surface area contributed by atoms with Crippen molar-refractivity contribution in [2.45, 2.75) is 51.4 Å². The van der Waals surface area contributed by atoms with Gasteiger partial charge < -0.3 is 30.5 Å². The van der Waals surface area contributed by atoms with Crippen LogP contribution in [0.1, 0.15) is 46.4 Å². The summed E-state index contributed by atoms with van der Waals surface area (Å²) in [6.07, 6.45) is 5.14. The van der Waals surface area contributed by atoms with Gasteiger partial charge in [0, 0.05) is 91.6 Å². The highest BCUT2D eigenvalue weighted by atomic mass is 35.5. The second kappa shape index (κ2) is 15.3. The maximum atomic E-state index is 13.4. The predicted molar refractivity (Wildman–Crippen MR) is 187 cm³/mol. The molecule has 256 valence electrons. The van der Waals surface area contributed by atoms with Gasteiger partial charge in [0.05, 0.1) is 36.7 Å². The average Bonchev–Trinajstić information content (AvgIpc) is 3.72. The standard InChI is InChI=1S/C36H40ClN7O5/c1-21-26(5-4-6-28(21)42-35(47)30-15-31(48-2)23(17-40-30)19-44-14-12-25(45)20-44)34-33(37)27(11-13-39-34)29-9-7-22(36(43-29)49-3)16-38-18-24-8-10-32(46)41-24/h4-7,9,11,13,15,17,24-25,38,45H,8,10,12,14,16,18-20H2,1-3H3,(H,41,46)(H,42,47)/t24-,25-/m0/s1. The summed E-state index contributed by atoms with van der Waals surface area (Å²) >= 11 is 7.01. The van der Waals surface area contributed by atoms with E-state index in [0.29, 0.717) is 71.9 Å². The van der Waals surface area contributed by atoms with Crippen LogP contribution in [-0.2, 0) is 17.9 Å². The lowest BCUT2D eigenvalue weighted by Gasteiger charge is -2.17. The van der Waals surface area contributed by atoms with Crippen LogP contribution in [0, 0.1) is 6.92 Å². The zero-order valence-electron chi connectivity index (χ0n) is 27.8. The van der Waals surface area contributed by atoms with Crippen LogP contribution in [-0.4, -0.2) is 82.8 Å². The number of nitrogens with one attached hydrogen (secondary N) is 3. The van der Waals surface area contributed by atoms with Crippen molar-refractivity contribution in [2.24, 2.45) is 0 Å². The number of ether oxygens (including phenoxy) is 2. The van der Waals surface area contributed by atoms with E-state index in [4.69, 9.17) is 26.1 Å². The summed E-state index contributed by atoms with van der Waals surface area (Å²) in [5.74, 6) is 0.747. The van der Waals surface area contributed by atoms with Gasteiger partial charge in [0.25, 0.3) is 5.91 Å². The molecule has 3 aromatic heterocycles. The van der Waals surface area contributed by atoms with Crippen molar-refractivity contribution in [1.29, 1.82) is 0 Å². The Bertz CT molecular complexity index is 1850. The van der Waals surface area contributed by atoms with E-state index in [1.807, 2.05) is 43.3 Å². The zero-order valence-corrected chi connectivity index (χ0v) is 28.5. The summed E-state index contributed by atoms with van der Waals surface area (Å²) in [5.41, 5.74) is 5.94. The monoisotopic (exact) mass is 685 g/mol. The first-order valence-corrected chi connectivity index (χ1v) is 16.6. The minimum atomic E-state index is -0.381. The van der Waals surface area contributed by atoms with E-state index in [9.17, 15) is 14.7 Å². The molecule has 0 bridgehead atoms. The second-order valence-electron chi connectivity index (χ2n) is 12.3. The maximum absolute atomic E-state index is 13.4. The number of pyridine rings is 3. The molecule has 2 saturated heterocycles. The van der Waals surface area contributed by atoms with Crippen molar-refractivity contribution in [3.63, 3.8) is 0 Å². The van der Waals surface area contributed by atoms with Gasteiger partial charge in [0.2, 0.25) is 11.8 Å². The molecule has 0 radical (unpaired) electrons. The van der Waals surface area contributed by atoms with Gasteiger partial charge in [-0.15, -0.1) is 0 Å². The number of likely N-dealkylation sites (tertiary alicyclic amines) is 1. The van der Waals surface area contributed by atoms with Gasteiger partial charge in [0.15, 0.2) is 0 Å². The van der Waals surface area contributed by atoms with E-state index < -0.39 is 0 Å². The number of hydrogen-bond donors (Lipinski definition) is 4. The van der Waals surface area contributed by atoms with Gasteiger partial charge in [-0.05, 0) is 43.5 Å². The SMILES string of the molecule is COc1cc(C(=O)Nc2cccc(-c3nccc(-c4ccc(CNC[C@@H]5CCC(=O)N5)c(OC)n4)c3Cl)c2C)ncc1CN1CC[C@H](O)C1. The number of β-amino-alcohol motifs (C(OH)–C–C–N with tert-alkyl or cyclic N) is 1. The number of anilines is 1. The number of benzene rings is 1. The molecule has 2 aliphatic rings. The number of hydrogen-bond acceptors (Lipinski definition) is 10. The Kier molecular flexibility index (Phi) is 10.7. The summed E-state index contributed by atoms with van der Waals surface area (Å²) in [6.45, 7) is 5.07. The van der Waals surface area contributed by atoms with Gasteiger partial charge in [0.1, 0.15) is 11.4 Å². The molecule has 4 aromatic rings. The summed E-state index contributed by atoms with van der Waals surface area (Å²) in [4.78, 5) is 40.8. The lowest BCUT2D eigenvalue weighted by atomic mass is 10.0. The number of carbonyl (C=O) groups excluding carboxylic acids is 2. The summed E-state index contributed by atoms with van der Waals surface area (Å²) < 4.78 is 11.2. The third-order valence-corrected chi connectivity index (χ3v) is 9.35. The molecule has 0 aliphatic carbocycles. The number of halogens is 1. The van der Waals surface area contributed by atoms with Crippen LogP contribution in [0.25, 0.3) is 22.5 Å². The highest BCUT2D eigenvalue weighted by molar-refractivity contribution is 6.35. The molecule has 1 aromatic carbocycles. The molecule has 5 heterocycles.